The smallest absolute Gasteiger partial charge is 0.0641 e. The van der Waals surface area contributed by atoms with E-state index in [1.807, 2.05) is 18.2 Å². The van der Waals surface area contributed by atoms with Gasteiger partial charge < -0.3 is 5.32 Å². The summed E-state index contributed by atoms with van der Waals surface area (Å²) >= 11 is 1.74. The summed E-state index contributed by atoms with van der Waals surface area (Å²) in [5.41, 5.74) is 1.17. The number of hydrogen-bond acceptors (Lipinski definition) is 3. The number of rotatable bonds is 5. The lowest BCUT2D eigenvalue weighted by Crippen LogP contribution is -2.23. The van der Waals surface area contributed by atoms with Crippen LogP contribution >= 0.6 is 11.3 Å². The molecule has 2 nitrogen and oxygen atoms in total. The molecule has 0 amide bonds. The van der Waals surface area contributed by atoms with E-state index in [0.29, 0.717) is 6.42 Å². The second-order valence-corrected chi connectivity index (χ2v) is 5.21. The van der Waals surface area contributed by atoms with Gasteiger partial charge in [-0.05, 0) is 23.9 Å². The predicted octanol–water partition coefficient (Wildman–Crippen LogP) is 4.05. The van der Waals surface area contributed by atoms with Crippen LogP contribution < -0.4 is 5.32 Å². The van der Waals surface area contributed by atoms with E-state index in [0.717, 1.165) is 0 Å². The molecule has 0 saturated carbocycles. The molecule has 0 saturated heterocycles. The van der Waals surface area contributed by atoms with E-state index in [1.165, 1.54) is 10.4 Å². The number of benzene rings is 1. The highest BCUT2D eigenvalue weighted by Gasteiger charge is 2.15. The Kier molecular flexibility index (Phi) is 4.52. The molecule has 3 heteroatoms. The Morgan fingerprint density at radius 3 is 2.61 bits per heavy atom. The van der Waals surface area contributed by atoms with Gasteiger partial charge in [-0.2, -0.15) is 5.26 Å². The topological polar surface area (TPSA) is 35.8 Å². The molecule has 0 aliphatic rings. The van der Waals surface area contributed by atoms with E-state index in [9.17, 15) is 0 Å². The minimum absolute atomic E-state index is 0.0910. The zero-order valence-corrected chi connectivity index (χ0v) is 11.2. The molecule has 1 heterocycles. The molecule has 2 aromatic rings. The molecule has 0 bridgehead atoms. The van der Waals surface area contributed by atoms with Crippen LogP contribution in [0.5, 0.6) is 0 Å². The number of thiophene rings is 1. The summed E-state index contributed by atoms with van der Waals surface area (Å²) in [6.07, 6.45) is 0.486. The van der Waals surface area contributed by atoms with E-state index < -0.39 is 0 Å². The molecule has 1 unspecified atom stereocenters. The van der Waals surface area contributed by atoms with E-state index in [2.05, 4.69) is 48.0 Å². The van der Waals surface area contributed by atoms with Gasteiger partial charge in [0.2, 0.25) is 0 Å². The first-order chi connectivity index (χ1) is 8.81. The molecule has 1 N–H and O–H groups in total. The molecule has 2 atom stereocenters. The molecule has 0 spiro atoms. The number of nitriles is 1. The fourth-order valence-corrected chi connectivity index (χ4v) is 2.71. The Morgan fingerprint density at radius 2 is 2.00 bits per heavy atom. The van der Waals surface area contributed by atoms with Crippen LogP contribution in [-0.2, 0) is 0 Å². The first kappa shape index (κ1) is 12.8. The van der Waals surface area contributed by atoms with Gasteiger partial charge in [-0.15, -0.1) is 11.3 Å². The van der Waals surface area contributed by atoms with Crippen LogP contribution in [0, 0.1) is 11.3 Å². The van der Waals surface area contributed by atoms with Crippen molar-refractivity contribution < 1.29 is 0 Å². The molecule has 1 aromatic carbocycles. The van der Waals surface area contributed by atoms with Crippen molar-refractivity contribution in [1.29, 1.82) is 5.26 Å². The molecular formula is C15H16N2S. The van der Waals surface area contributed by atoms with Gasteiger partial charge >= 0.3 is 0 Å². The summed E-state index contributed by atoms with van der Waals surface area (Å²) in [4.78, 5) is 1.30. The predicted molar refractivity (Wildman–Crippen MR) is 75.3 cm³/mol. The minimum Gasteiger partial charge on any atom is -0.302 e. The maximum atomic E-state index is 8.95. The van der Waals surface area contributed by atoms with Crippen molar-refractivity contribution in [2.45, 2.75) is 25.4 Å². The summed E-state index contributed by atoms with van der Waals surface area (Å²) in [6.45, 7) is 2.14. The van der Waals surface area contributed by atoms with Crippen molar-refractivity contribution in [2.24, 2.45) is 0 Å². The summed E-state index contributed by atoms with van der Waals surface area (Å²) in [7, 11) is 0. The average Bonchev–Trinajstić information content (AvgIpc) is 2.93. The third kappa shape index (κ3) is 3.19. The van der Waals surface area contributed by atoms with Gasteiger partial charge in [-0.1, -0.05) is 36.4 Å². The van der Waals surface area contributed by atoms with E-state index in [4.69, 9.17) is 5.26 Å². The monoisotopic (exact) mass is 256 g/mol. The molecule has 0 aliphatic heterocycles. The van der Waals surface area contributed by atoms with Crippen LogP contribution in [0.3, 0.4) is 0 Å². The van der Waals surface area contributed by atoms with E-state index in [1.54, 1.807) is 11.3 Å². The summed E-state index contributed by atoms with van der Waals surface area (Å²) < 4.78 is 0. The largest absolute Gasteiger partial charge is 0.302 e. The van der Waals surface area contributed by atoms with Crippen molar-refractivity contribution in [1.82, 2.24) is 5.32 Å². The van der Waals surface area contributed by atoms with E-state index in [-0.39, 0.29) is 12.1 Å². The maximum absolute atomic E-state index is 8.95. The fraction of sp³-hybridized carbons (Fsp3) is 0.267. The first-order valence-corrected chi connectivity index (χ1v) is 6.90. The van der Waals surface area contributed by atoms with Crippen LogP contribution in [0.2, 0.25) is 0 Å². The van der Waals surface area contributed by atoms with Crippen LogP contribution in [0.15, 0.2) is 47.8 Å². The minimum atomic E-state index is 0.0910. The molecule has 18 heavy (non-hydrogen) atoms. The quantitative estimate of drug-likeness (QED) is 0.876. The third-order valence-corrected chi connectivity index (χ3v) is 3.97. The second kappa shape index (κ2) is 6.34. The zero-order valence-electron chi connectivity index (χ0n) is 10.3. The SMILES string of the molecule is C[C@H](NC(CC#N)c1ccccc1)c1cccs1. The summed E-state index contributed by atoms with van der Waals surface area (Å²) in [6, 6.07) is 16.9. The van der Waals surface area contributed by atoms with Gasteiger partial charge in [0, 0.05) is 17.0 Å². The van der Waals surface area contributed by atoms with Gasteiger partial charge in [0.05, 0.1) is 12.5 Å². The normalized spacial score (nSPS) is 13.8. The van der Waals surface area contributed by atoms with Crippen LogP contribution in [0.25, 0.3) is 0 Å². The fourth-order valence-electron chi connectivity index (χ4n) is 1.97. The van der Waals surface area contributed by atoms with Gasteiger partial charge in [0.15, 0.2) is 0 Å². The molecule has 2 rings (SSSR count). The van der Waals surface area contributed by atoms with Crippen molar-refractivity contribution in [2.75, 3.05) is 0 Å². The second-order valence-electron chi connectivity index (χ2n) is 4.23. The maximum Gasteiger partial charge on any atom is 0.0641 e. The Bertz CT molecular complexity index is 499. The van der Waals surface area contributed by atoms with Crippen molar-refractivity contribution in [3.05, 3.63) is 58.3 Å². The van der Waals surface area contributed by atoms with Crippen molar-refractivity contribution in [3.63, 3.8) is 0 Å². The van der Waals surface area contributed by atoms with Gasteiger partial charge in [-0.3, -0.25) is 0 Å². The molecule has 0 radical (unpaired) electrons. The highest BCUT2D eigenvalue weighted by Crippen LogP contribution is 2.24. The molecule has 92 valence electrons. The number of nitrogens with one attached hydrogen (secondary N) is 1. The molecular weight excluding hydrogens is 240 g/mol. The number of nitrogens with zero attached hydrogens (tertiary/aromatic N) is 1. The standard InChI is InChI=1S/C15H16N2S/c1-12(15-8-5-11-18-15)17-14(9-10-16)13-6-3-2-4-7-13/h2-8,11-12,14,17H,9H2,1H3/t12-,14?/m0/s1. The Balaban J connectivity index is 2.10. The van der Waals surface area contributed by atoms with Gasteiger partial charge in [0.25, 0.3) is 0 Å². The third-order valence-electron chi connectivity index (χ3n) is 2.92. The van der Waals surface area contributed by atoms with Gasteiger partial charge in [0.1, 0.15) is 0 Å². The van der Waals surface area contributed by atoms with Crippen LogP contribution in [-0.4, -0.2) is 0 Å². The summed E-state index contributed by atoms with van der Waals surface area (Å²) in [5, 5.41) is 14.6. The average molecular weight is 256 g/mol. The lowest BCUT2D eigenvalue weighted by atomic mass is 10.0. The molecule has 1 aromatic heterocycles. The van der Waals surface area contributed by atoms with Crippen LogP contribution in [0.1, 0.15) is 35.9 Å². The highest BCUT2D eigenvalue weighted by molar-refractivity contribution is 7.10. The lowest BCUT2D eigenvalue weighted by Gasteiger charge is -2.21. The Labute approximate surface area is 112 Å². The summed E-state index contributed by atoms with van der Waals surface area (Å²) in [5.74, 6) is 0. The molecule has 0 fully saturated rings. The zero-order chi connectivity index (χ0) is 12.8. The van der Waals surface area contributed by atoms with Crippen molar-refractivity contribution >= 4 is 11.3 Å². The van der Waals surface area contributed by atoms with Crippen LogP contribution in [0.4, 0.5) is 0 Å². The Hall–Kier alpha value is -1.63. The lowest BCUT2D eigenvalue weighted by molar-refractivity contribution is 0.477. The van der Waals surface area contributed by atoms with E-state index >= 15 is 0 Å². The van der Waals surface area contributed by atoms with Gasteiger partial charge in [-0.25, -0.2) is 0 Å². The van der Waals surface area contributed by atoms with Crippen molar-refractivity contribution in [3.8, 4) is 6.07 Å². The first-order valence-electron chi connectivity index (χ1n) is 6.02. The number of hydrogen-bond donors (Lipinski definition) is 1. The highest BCUT2D eigenvalue weighted by atomic mass is 32.1. The Morgan fingerprint density at radius 1 is 1.22 bits per heavy atom. The molecule has 0 aliphatic carbocycles.